The largest absolute Gasteiger partial charge is 0.298 e. The lowest BCUT2D eigenvalue weighted by Gasteiger charge is -2.19. The highest BCUT2D eigenvalue weighted by atomic mass is 79.9. The quantitative estimate of drug-likeness (QED) is 0.561. The lowest BCUT2D eigenvalue weighted by molar-refractivity contribution is -0.119. The Morgan fingerprint density at radius 3 is 2.78 bits per heavy atom. The smallest absolute Gasteiger partial charge is 0.147 e. The van der Waals surface area contributed by atoms with E-state index in [2.05, 4.69) is 15.9 Å². The zero-order chi connectivity index (χ0) is 6.85. The van der Waals surface area contributed by atoms with Crippen LogP contribution in [0.4, 0.5) is 0 Å². The van der Waals surface area contributed by atoms with E-state index in [0.29, 0.717) is 6.42 Å². The maximum Gasteiger partial charge on any atom is 0.147 e. The molecule has 3 heteroatoms. The standard InChI is InChI=1S/C6H8BrClO/c7-6-4(8)2-1-3-5(6)9/h4,6H,1-3H2/t4-,6+/m0/s1. The Bertz CT molecular complexity index is 126. The molecular weight excluding hydrogens is 203 g/mol. The summed E-state index contributed by atoms with van der Waals surface area (Å²) in [5.41, 5.74) is 0. The van der Waals surface area contributed by atoms with Crippen molar-refractivity contribution in [3.05, 3.63) is 0 Å². The maximum atomic E-state index is 10.9. The Kier molecular flexibility index (Phi) is 2.53. The van der Waals surface area contributed by atoms with E-state index in [1.54, 1.807) is 0 Å². The summed E-state index contributed by atoms with van der Waals surface area (Å²) in [6, 6.07) is 0. The van der Waals surface area contributed by atoms with Crippen LogP contribution in [0.2, 0.25) is 0 Å². The molecule has 0 aromatic heterocycles. The monoisotopic (exact) mass is 210 g/mol. The number of Topliss-reactive ketones (excluding diaryl/α,β-unsaturated/α-hetero) is 1. The Morgan fingerprint density at radius 1 is 1.67 bits per heavy atom. The van der Waals surface area contributed by atoms with Gasteiger partial charge in [-0.05, 0) is 12.8 Å². The molecule has 0 aromatic carbocycles. The highest BCUT2D eigenvalue weighted by molar-refractivity contribution is 9.10. The van der Waals surface area contributed by atoms with Crippen molar-refractivity contribution >= 4 is 33.3 Å². The predicted octanol–water partition coefficient (Wildman–Crippen LogP) is 2.11. The lowest BCUT2D eigenvalue weighted by Crippen LogP contribution is -2.28. The van der Waals surface area contributed by atoms with Crippen molar-refractivity contribution in [2.75, 3.05) is 0 Å². The van der Waals surface area contributed by atoms with Gasteiger partial charge in [0.25, 0.3) is 0 Å². The van der Waals surface area contributed by atoms with Crippen LogP contribution in [0.1, 0.15) is 19.3 Å². The van der Waals surface area contributed by atoms with Gasteiger partial charge in [-0.2, -0.15) is 0 Å². The summed E-state index contributed by atoms with van der Waals surface area (Å²) in [5, 5.41) is 0.0197. The molecule has 0 heterocycles. The van der Waals surface area contributed by atoms with Crippen LogP contribution < -0.4 is 0 Å². The predicted molar refractivity (Wildman–Crippen MR) is 41.2 cm³/mol. The van der Waals surface area contributed by atoms with Crippen molar-refractivity contribution in [3.8, 4) is 0 Å². The van der Waals surface area contributed by atoms with Gasteiger partial charge in [-0.25, -0.2) is 0 Å². The first-order chi connectivity index (χ1) is 4.22. The van der Waals surface area contributed by atoms with Crippen LogP contribution in [0.5, 0.6) is 0 Å². The molecule has 0 spiro atoms. The number of halogens is 2. The second-order valence-electron chi connectivity index (χ2n) is 2.28. The molecule has 52 valence electrons. The average Bonchev–Trinajstić information content (AvgIpc) is 1.83. The number of alkyl halides is 2. The van der Waals surface area contributed by atoms with Gasteiger partial charge >= 0.3 is 0 Å². The van der Waals surface area contributed by atoms with Crippen LogP contribution in [0, 0.1) is 0 Å². The number of hydrogen-bond acceptors (Lipinski definition) is 1. The third-order valence-electron chi connectivity index (χ3n) is 1.53. The van der Waals surface area contributed by atoms with Gasteiger partial charge in [0.2, 0.25) is 0 Å². The van der Waals surface area contributed by atoms with E-state index in [0.717, 1.165) is 12.8 Å². The maximum absolute atomic E-state index is 10.9. The molecule has 2 atom stereocenters. The lowest BCUT2D eigenvalue weighted by atomic mass is 9.99. The van der Waals surface area contributed by atoms with Crippen molar-refractivity contribution in [1.82, 2.24) is 0 Å². The van der Waals surface area contributed by atoms with Gasteiger partial charge in [-0.3, -0.25) is 4.79 Å². The molecule has 0 amide bonds. The average molecular weight is 211 g/mol. The molecule has 0 aliphatic heterocycles. The molecule has 1 aliphatic rings. The highest BCUT2D eigenvalue weighted by Gasteiger charge is 2.27. The second kappa shape index (κ2) is 3.02. The van der Waals surface area contributed by atoms with Crippen molar-refractivity contribution in [2.45, 2.75) is 29.5 Å². The zero-order valence-electron chi connectivity index (χ0n) is 4.94. The van der Waals surface area contributed by atoms with E-state index < -0.39 is 0 Å². The fourth-order valence-electron chi connectivity index (χ4n) is 0.957. The van der Waals surface area contributed by atoms with Crippen molar-refractivity contribution < 1.29 is 4.79 Å². The second-order valence-corrected chi connectivity index (χ2v) is 3.82. The first-order valence-electron chi connectivity index (χ1n) is 3.02. The molecule has 1 fully saturated rings. The van der Waals surface area contributed by atoms with E-state index in [1.807, 2.05) is 0 Å². The summed E-state index contributed by atoms with van der Waals surface area (Å²) < 4.78 is 0. The van der Waals surface area contributed by atoms with E-state index in [1.165, 1.54) is 0 Å². The van der Waals surface area contributed by atoms with Gasteiger partial charge in [-0.1, -0.05) is 15.9 Å². The van der Waals surface area contributed by atoms with Crippen molar-refractivity contribution in [3.63, 3.8) is 0 Å². The summed E-state index contributed by atoms with van der Waals surface area (Å²) in [7, 11) is 0. The number of ketones is 1. The van der Waals surface area contributed by atoms with Gasteiger partial charge in [0.05, 0.1) is 10.2 Å². The summed E-state index contributed by atoms with van der Waals surface area (Å²) in [4.78, 5) is 10.8. The number of carbonyl (C=O) groups is 1. The minimum atomic E-state index is -0.0899. The van der Waals surface area contributed by atoms with E-state index in [4.69, 9.17) is 11.6 Å². The molecular formula is C6H8BrClO. The van der Waals surface area contributed by atoms with Crippen LogP contribution in [0.3, 0.4) is 0 Å². The van der Waals surface area contributed by atoms with Crippen molar-refractivity contribution in [1.29, 1.82) is 0 Å². The minimum Gasteiger partial charge on any atom is -0.298 e. The van der Waals surface area contributed by atoms with E-state index in [9.17, 15) is 4.79 Å². The molecule has 1 aliphatic carbocycles. The summed E-state index contributed by atoms with van der Waals surface area (Å²) in [6.45, 7) is 0. The fourth-order valence-corrected chi connectivity index (χ4v) is 1.75. The summed E-state index contributed by atoms with van der Waals surface area (Å²) in [5.74, 6) is 0.251. The zero-order valence-corrected chi connectivity index (χ0v) is 7.28. The number of rotatable bonds is 0. The van der Waals surface area contributed by atoms with Gasteiger partial charge < -0.3 is 0 Å². The van der Waals surface area contributed by atoms with Gasteiger partial charge in [0, 0.05) is 6.42 Å². The third-order valence-corrected chi connectivity index (χ3v) is 3.45. The van der Waals surface area contributed by atoms with Gasteiger partial charge in [-0.15, -0.1) is 11.6 Å². The normalized spacial score (nSPS) is 36.9. The summed E-state index contributed by atoms with van der Waals surface area (Å²) in [6.07, 6.45) is 2.61. The number of carbonyl (C=O) groups excluding carboxylic acids is 1. The van der Waals surface area contributed by atoms with E-state index >= 15 is 0 Å². The highest BCUT2D eigenvalue weighted by Crippen LogP contribution is 2.25. The molecule has 1 nitrogen and oxygen atoms in total. The molecule has 1 rings (SSSR count). The van der Waals surface area contributed by atoms with Gasteiger partial charge in [0.15, 0.2) is 0 Å². The van der Waals surface area contributed by atoms with Crippen LogP contribution >= 0.6 is 27.5 Å². The first kappa shape index (κ1) is 7.55. The Labute approximate surface area is 67.9 Å². The Balaban J connectivity index is 2.51. The number of hydrogen-bond donors (Lipinski definition) is 0. The Hall–Kier alpha value is 0.440. The van der Waals surface area contributed by atoms with E-state index in [-0.39, 0.29) is 16.0 Å². The Morgan fingerprint density at radius 2 is 2.33 bits per heavy atom. The topological polar surface area (TPSA) is 17.1 Å². The molecule has 1 saturated carbocycles. The molecule has 9 heavy (non-hydrogen) atoms. The third kappa shape index (κ3) is 1.68. The van der Waals surface area contributed by atoms with Crippen LogP contribution in [-0.4, -0.2) is 16.0 Å². The van der Waals surface area contributed by atoms with Crippen LogP contribution in [0.15, 0.2) is 0 Å². The molecule has 0 saturated heterocycles. The van der Waals surface area contributed by atoms with Gasteiger partial charge in [0.1, 0.15) is 5.78 Å². The van der Waals surface area contributed by atoms with Crippen LogP contribution in [0.25, 0.3) is 0 Å². The molecule has 0 unspecified atom stereocenters. The SMILES string of the molecule is O=C1CCC[C@H](Cl)[C@H]1Br. The molecule has 0 N–H and O–H groups in total. The molecule has 0 aromatic rings. The molecule has 0 radical (unpaired) electrons. The minimum absolute atomic E-state index is 0.0197. The molecule has 0 bridgehead atoms. The summed E-state index contributed by atoms with van der Waals surface area (Å²) >= 11 is 9.03. The fraction of sp³-hybridized carbons (Fsp3) is 0.833. The first-order valence-corrected chi connectivity index (χ1v) is 4.38. The van der Waals surface area contributed by atoms with Crippen LogP contribution in [-0.2, 0) is 4.79 Å². The van der Waals surface area contributed by atoms with Crippen molar-refractivity contribution in [2.24, 2.45) is 0 Å².